The zero-order chi connectivity index (χ0) is 20.3. The van der Waals surface area contributed by atoms with Crippen molar-refractivity contribution in [1.82, 2.24) is 14.7 Å². The lowest BCUT2D eigenvalue weighted by Crippen LogP contribution is -2.44. The van der Waals surface area contributed by atoms with Crippen LogP contribution < -0.4 is 4.74 Å². The first-order chi connectivity index (χ1) is 13.3. The molecule has 7 heteroatoms. The number of nitrogens with zero attached hydrogens (tertiary/aromatic N) is 3. The predicted octanol–water partition coefficient (Wildman–Crippen LogP) is 1.42. The fourth-order valence-electron chi connectivity index (χ4n) is 3.73. The van der Waals surface area contributed by atoms with Crippen LogP contribution in [0.3, 0.4) is 0 Å². The van der Waals surface area contributed by atoms with Gasteiger partial charge in [0.05, 0.1) is 18.5 Å². The minimum absolute atomic E-state index is 0.0545. The van der Waals surface area contributed by atoms with Crippen molar-refractivity contribution in [2.24, 2.45) is 0 Å². The van der Waals surface area contributed by atoms with E-state index in [2.05, 4.69) is 0 Å². The summed E-state index contributed by atoms with van der Waals surface area (Å²) in [7, 11) is 5.68. The first-order valence-corrected chi connectivity index (χ1v) is 9.77. The molecule has 0 saturated carbocycles. The molecule has 1 saturated heterocycles. The quantitative estimate of drug-likeness (QED) is 0.764. The van der Waals surface area contributed by atoms with Gasteiger partial charge in [-0.15, -0.1) is 0 Å². The van der Waals surface area contributed by atoms with E-state index in [0.717, 1.165) is 6.54 Å². The van der Waals surface area contributed by atoms with Crippen LogP contribution in [-0.4, -0.2) is 85.2 Å². The van der Waals surface area contributed by atoms with Crippen molar-refractivity contribution in [1.29, 1.82) is 0 Å². The summed E-state index contributed by atoms with van der Waals surface area (Å²) >= 11 is 0. The Morgan fingerprint density at radius 2 is 1.89 bits per heavy atom. The fourth-order valence-corrected chi connectivity index (χ4v) is 3.73. The molecule has 2 aliphatic rings. The number of fused-ring (bicyclic) bond motifs is 1. The zero-order valence-electron chi connectivity index (χ0n) is 16.9. The smallest absolute Gasteiger partial charge is 0.241 e. The molecular formula is C21H29N3O4. The van der Waals surface area contributed by atoms with Crippen LogP contribution in [0.5, 0.6) is 5.75 Å². The molecule has 1 fully saturated rings. The Hall–Kier alpha value is -2.41. The van der Waals surface area contributed by atoms with Gasteiger partial charge in [-0.3, -0.25) is 14.4 Å². The molecule has 0 radical (unpaired) electrons. The Labute approximate surface area is 166 Å². The van der Waals surface area contributed by atoms with E-state index in [1.807, 2.05) is 37.2 Å². The van der Waals surface area contributed by atoms with Gasteiger partial charge in [0.15, 0.2) is 5.78 Å². The van der Waals surface area contributed by atoms with Gasteiger partial charge in [-0.05, 0) is 32.6 Å². The van der Waals surface area contributed by atoms with Gasteiger partial charge < -0.3 is 19.4 Å². The Morgan fingerprint density at radius 1 is 1.14 bits per heavy atom. The minimum Gasteiger partial charge on any atom is -0.486 e. The molecule has 2 amide bonds. The Morgan fingerprint density at radius 3 is 2.64 bits per heavy atom. The van der Waals surface area contributed by atoms with Gasteiger partial charge in [-0.2, -0.15) is 0 Å². The Bertz CT molecular complexity index is 764. The summed E-state index contributed by atoms with van der Waals surface area (Å²) < 4.78 is 6.22. The van der Waals surface area contributed by atoms with E-state index in [-0.39, 0.29) is 37.0 Å². The monoisotopic (exact) mass is 387 g/mol. The number of para-hydroxylation sites is 1. The van der Waals surface area contributed by atoms with Crippen LogP contribution in [0.4, 0.5) is 0 Å². The third kappa shape index (κ3) is 4.52. The highest BCUT2D eigenvalue weighted by Gasteiger charge is 2.43. The third-order valence-electron chi connectivity index (χ3n) is 5.62. The molecule has 2 aliphatic heterocycles. The summed E-state index contributed by atoms with van der Waals surface area (Å²) in [5, 5.41) is 0. The van der Waals surface area contributed by atoms with Crippen molar-refractivity contribution in [2.45, 2.75) is 31.3 Å². The van der Waals surface area contributed by atoms with E-state index in [1.165, 1.54) is 0 Å². The Balaban J connectivity index is 1.64. The normalized spacial score (nSPS) is 22.1. The molecule has 3 rings (SSSR count). The molecule has 1 aromatic rings. The first kappa shape index (κ1) is 20.3. The molecule has 1 atom stereocenters. The number of ketones is 1. The van der Waals surface area contributed by atoms with Gasteiger partial charge in [-0.25, -0.2) is 0 Å². The van der Waals surface area contributed by atoms with E-state index in [1.54, 1.807) is 22.9 Å². The van der Waals surface area contributed by atoms with Crippen LogP contribution >= 0.6 is 0 Å². The van der Waals surface area contributed by atoms with Crippen molar-refractivity contribution in [3.05, 3.63) is 29.8 Å². The van der Waals surface area contributed by atoms with Crippen molar-refractivity contribution in [2.75, 3.05) is 47.3 Å². The van der Waals surface area contributed by atoms with Gasteiger partial charge in [0, 0.05) is 39.5 Å². The number of hydrogen-bond acceptors (Lipinski definition) is 5. The number of carbonyl (C=O) groups excluding carboxylic acids is 3. The molecule has 1 spiro atoms. The minimum atomic E-state index is -0.657. The second kappa shape index (κ2) is 8.31. The van der Waals surface area contributed by atoms with Crippen LogP contribution in [0.1, 0.15) is 36.0 Å². The molecule has 2 heterocycles. The molecule has 1 aromatic carbocycles. The van der Waals surface area contributed by atoms with E-state index < -0.39 is 5.60 Å². The van der Waals surface area contributed by atoms with Crippen molar-refractivity contribution >= 4 is 17.6 Å². The second-order valence-electron chi connectivity index (χ2n) is 8.07. The highest BCUT2D eigenvalue weighted by atomic mass is 16.5. The molecule has 28 heavy (non-hydrogen) atoms. The largest absolute Gasteiger partial charge is 0.486 e. The van der Waals surface area contributed by atoms with E-state index >= 15 is 0 Å². The van der Waals surface area contributed by atoms with Crippen LogP contribution in [0.25, 0.3) is 0 Å². The van der Waals surface area contributed by atoms with Gasteiger partial charge in [0.2, 0.25) is 11.8 Å². The highest BCUT2D eigenvalue weighted by Crippen LogP contribution is 2.39. The number of Topliss-reactive ketones (excluding diaryl/α,β-unsaturated/α-hetero) is 1. The number of likely N-dealkylation sites (N-methyl/N-ethyl adjacent to an activating group) is 2. The maximum Gasteiger partial charge on any atom is 0.241 e. The summed E-state index contributed by atoms with van der Waals surface area (Å²) in [4.78, 5) is 43.0. The van der Waals surface area contributed by atoms with Gasteiger partial charge >= 0.3 is 0 Å². The maximum absolute atomic E-state index is 12.6. The van der Waals surface area contributed by atoms with Crippen molar-refractivity contribution in [3.63, 3.8) is 0 Å². The lowest BCUT2D eigenvalue weighted by molar-refractivity contribution is -0.139. The molecule has 0 bridgehead atoms. The molecule has 0 aliphatic carbocycles. The summed E-state index contributed by atoms with van der Waals surface area (Å²) in [5.74, 6) is 0.527. The van der Waals surface area contributed by atoms with Crippen LogP contribution in [-0.2, 0) is 9.59 Å². The van der Waals surface area contributed by atoms with Gasteiger partial charge in [-0.1, -0.05) is 12.1 Å². The number of rotatable bonds is 5. The lowest BCUT2D eigenvalue weighted by atomic mass is 9.84. The number of amides is 2. The Kier molecular flexibility index (Phi) is 6.03. The lowest BCUT2D eigenvalue weighted by Gasteiger charge is -2.37. The topological polar surface area (TPSA) is 70.2 Å². The summed E-state index contributed by atoms with van der Waals surface area (Å²) in [6.45, 7) is 1.88. The summed E-state index contributed by atoms with van der Waals surface area (Å²) in [6.07, 6.45) is 1.60. The van der Waals surface area contributed by atoms with Crippen LogP contribution in [0.2, 0.25) is 0 Å². The predicted molar refractivity (Wildman–Crippen MR) is 105 cm³/mol. The molecule has 7 nitrogen and oxygen atoms in total. The number of benzene rings is 1. The van der Waals surface area contributed by atoms with E-state index in [4.69, 9.17) is 4.74 Å². The van der Waals surface area contributed by atoms with Crippen molar-refractivity contribution in [3.8, 4) is 5.75 Å². The maximum atomic E-state index is 12.6. The molecule has 0 aromatic heterocycles. The number of carbonyl (C=O) groups is 3. The van der Waals surface area contributed by atoms with Crippen LogP contribution in [0, 0.1) is 0 Å². The first-order valence-electron chi connectivity index (χ1n) is 9.77. The van der Waals surface area contributed by atoms with E-state index in [0.29, 0.717) is 37.2 Å². The standard InChI is InChI=1S/C21H29N3O4/c1-22(2)12-13-23(3)20(27)15-24-11-10-21(9-8-19(24)26)14-17(25)16-6-4-5-7-18(16)28-21/h4-7H,8-15H2,1-3H3/t21-/m0/s1. The molecular weight excluding hydrogens is 358 g/mol. The number of likely N-dealkylation sites (tertiary alicyclic amines) is 1. The van der Waals surface area contributed by atoms with Gasteiger partial charge in [0.1, 0.15) is 11.4 Å². The molecule has 152 valence electrons. The van der Waals surface area contributed by atoms with E-state index in [9.17, 15) is 14.4 Å². The SMILES string of the molecule is CN(C)CCN(C)C(=O)CN1CC[C@@]2(CCC1=O)CC(=O)c1ccccc1O2. The third-order valence-corrected chi connectivity index (χ3v) is 5.62. The fraction of sp³-hybridized carbons (Fsp3) is 0.571. The van der Waals surface area contributed by atoms with Gasteiger partial charge in [0.25, 0.3) is 0 Å². The number of ether oxygens (including phenoxy) is 1. The summed E-state index contributed by atoms with van der Waals surface area (Å²) in [6, 6.07) is 7.26. The second-order valence-corrected chi connectivity index (χ2v) is 8.07. The molecule has 0 N–H and O–H groups in total. The number of hydrogen-bond donors (Lipinski definition) is 0. The average molecular weight is 387 g/mol. The summed E-state index contributed by atoms with van der Waals surface area (Å²) in [5.41, 5.74) is -0.0475. The van der Waals surface area contributed by atoms with Crippen LogP contribution in [0.15, 0.2) is 24.3 Å². The molecule has 0 unspecified atom stereocenters. The zero-order valence-corrected chi connectivity index (χ0v) is 16.9. The highest BCUT2D eigenvalue weighted by molar-refractivity contribution is 6.00. The van der Waals surface area contributed by atoms with Crippen molar-refractivity contribution < 1.29 is 19.1 Å². The average Bonchev–Trinajstić information content (AvgIpc) is 2.80.